The number of fused-ring (bicyclic) bond motifs is 1. The Morgan fingerprint density at radius 1 is 1.25 bits per heavy atom. The highest BCUT2D eigenvalue weighted by atomic mass is 16.1. The van der Waals surface area contributed by atoms with Crippen LogP contribution in [0.2, 0.25) is 0 Å². The van der Waals surface area contributed by atoms with Gasteiger partial charge in [0.2, 0.25) is 0 Å². The van der Waals surface area contributed by atoms with Gasteiger partial charge in [-0.05, 0) is 18.9 Å². The fourth-order valence-corrected chi connectivity index (χ4v) is 2.51. The van der Waals surface area contributed by atoms with E-state index < -0.39 is 0 Å². The Balaban J connectivity index is 2.18. The number of pyridine rings is 1. The van der Waals surface area contributed by atoms with Crippen LogP contribution < -0.4 is 5.43 Å². The highest BCUT2D eigenvalue weighted by Gasteiger charge is 2.13. The molecule has 0 radical (unpaired) electrons. The largest absolute Gasteiger partial charge is 0.344 e. The highest BCUT2D eigenvalue weighted by molar-refractivity contribution is 5.78. The molecule has 3 rings (SSSR count). The average Bonchev–Trinajstić information content (AvgIpc) is 2.78. The molecule has 0 saturated heterocycles. The summed E-state index contributed by atoms with van der Waals surface area (Å²) in [6, 6.07) is 11.8. The number of aromatic nitrogens is 3. The molecule has 20 heavy (non-hydrogen) atoms. The molecule has 0 fully saturated rings. The third kappa shape index (κ3) is 2.13. The van der Waals surface area contributed by atoms with E-state index in [1.165, 1.54) is 5.56 Å². The lowest BCUT2D eigenvalue weighted by Gasteiger charge is -2.04. The molecular weight excluding hydrogens is 250 g/mol. The molecular formula is C16H17N3O. The Labute approximate surface area is 117 Å². The summed E-state index contributed by atoms with van der Waals surface area (Å²) in [5.41, 5.74) is 3.75. The summed E-state index contributed by atoms with van der Waals surface area (Å²) in [5, 5.41) is 5.31. The van der Waals surface area contributed by atoms with Gasteiger partial charge in [0, 0.05) is 11.8 Å². The zero-order chi connectivity index (χ0) is 14.1. The molecule has 2 aromatic heterocycles. The van der Waals surface area contributed by atoms with Crippen LogP contribution in [-0.2, 0) is 13.0 Å². The van der Waals surface area contributed by atoms with Crippen LogP contribution in [0.3, 0.4) is 0 Å². The Morgan fingerprint density at radius 2 is 2.00 bits per heavy atom. The third-order valence-corrected chi connectivity index (χ3v) is 3.44. The van der Waals surface area contributed by atoms with Gasteiger partial charge in [-0.25, -0.2) is 4.68 Å². The third-order valence-electron chi connectivity index (χ3n) is 3.44. The standard InChI is InChI=1S/C16H17N3O/c1-3-13-15-14(20)9-11(2)17-16(15)19(18-13)10-12-7-5-4-6-8-12/h4-9H,3,10H2,1-2H3,(H,17,20). The summed E-state index contributed by atoms with van der Waals surface area (Å²) >= 11 is 0. The minimum atomic E-state index is 0.0485. The highest BCUT2D eigenvalue weighted by Crippen LogP contribution is 2.15. The van der Waals surface area contributed by atoms with Gasteiger partial charge < -0.3 is 4.98 Å². The van der Waals surface area contributed by atoms with E-state index in [0.717, 1.165) is 23.5 Å². The summed E-state index contributed by atoms with van der Waals surface area (Å²) in [7, 11) is 0. The molecule has 0 spiro atoms. The first-order chi connectivity index (χ1) is 9.69. The minimum absolute atomic E-state index is 0.0485. The maximum Gasteiger partial charge on any atom is 0.193 e. The van der Waals surface area contributed by atoms with Gasteiger partial charge in [0.15, 0.2) is 5.43 Å². The fraction of sp³-hybridized carbons (Fsp3) is 0.250. The molecule has 3 aromatic rings. The van der Waals surface area contributed by atoms with Gasteiger partial charge >= 0.3 is 0 Å². The molecule has 0 unspecified atom stereocenters. The second-order valence-corrected chi connectivity index (χ2v) is 4.98. The van der Waals surface area contributed by atoms with Crippen LogP contribution in [0.15, 0.2) is 41.2 Å². The molecule has 0 aliphatic rings. The van der Waals surface area contributed by atoms with E-state index in [0.29, 0.717) is 11.9 Å². The summed E-state index contributed by atoms with van der Waals surface area (Å²) < 4.78 is 1.89. The maximum absolute atomic E-state index is 12.2. The molecule has 1 aromatic carbocycles. The molecule has 2 heterocycles. The van der Waals surface area contributed by atoms with Gasteiger partial charge in [0.25, 0.3) is 0 Å². The number of rotatable bonds is 3. The van der Waals surface area contributed by atoms with Gasteiger partial charge in [0.05, 0.1) is 17.6 Å². The summed E-state index contributed by atoms with van der Waals surface area (Å²) in [4.78, 5) is 15.4. The van der Waals surface area contributed by atoms with Crippen LogP contribution in [0.5, 0.6) is 0 Å². The van der Waals surface area contributed by atoms with Crippen LogP contribution in [0.1, 0.15) is 23.9 Å². The smallest absolute Gasteiger partial charge is 0.193 e. The molecule has 0 atom stereocenters. The summed E-state index contributed by atoms with van der Waals surface area (Å²) in [5.74, 6) is 0. The van der Waals surface area contributed by atoms with Crippen molar-refractivity contribution in [3.8, 4) is 0 Å². The fourth-order valence-electron chi connectivity index (χ4n) is 2.51. The predicted octanol–water partition coefficient (Wildman–Crippen LogP) is 2.64. The second kappa shape index (κ2) is 4.96. The SMILES string of the molecule is CCc1nn(Cc2ccccc2)c2[nH]c(C)cc(=O)c12. The molecule has 0 bridgehead atoms. The lowest BCUT2D eigenvalue weighted by Crippen LogP contribution is -2.06. The Kier molecular flexibility index (Phi) is 3.14. The van der Waals surface area contributed by atoms with Gasteiger partial charge in [0.1, 0.15) is 5.65 Å². The number of aromatic amines is 1. The molecule has 0 aliphatic carbocycles. The number of hydrogen-bond acceptors (Lipinski definition) is 2. The molecule has 0 amide bonds. The van der Waals surface area contributed by atoms with Crippen molar-refractivity contribution >= 4 is 11.0 Å². The minimum Gasteiger partial charge on any atom is -0.344 e. The zero-order valence-electron chi connectivity index (χ0n) is 11.7. The van der Waals surface area contributed by atoms with Crippen molar-refractivity contribution in [2.24, 2.45) is 0 Å². The normalized spacial score (nSPS) is 11.1. The van der Waals surface area contributed by atoms with Crippen LogP contribution >= 0.6 is 0 Å². The number of aryl methyl sites for hydroxylation is 2. The van der Waals surface area contributed by atoms with E-state index >= 15 is 0 Å². The molecule has 0 aliphatic heterocycles. The lowest BCUT2D eigenvalue weighted by molar-refractivity contribution is 0.688. The average molecular weight is 267 g/mol. The first-order valence-electron chi connectivity index (χ1n) is 6.82. The number of H-pyrrole nitrogens is 1. The van der Waals surface area contributed by atoms with Crippen molar-refractivity contribution in [3.05, 3.63) is 63.6 Å². The number of hydrogen-bond donors (Lipinski definition) is 1. The number of nitrogens with one attached hydrogen (secondary N) is 1. The van der Waals surface area contributed by atoms with Gasteiger partial charge in [-0.15, -0.1) is 0 Å². The van der Waals surface area contributed by atoms with E-state index in [1.54, 1.807) is 6.07 Å². The second-order valence-electron chi connectivity index (χ2n) is 4.98. The van der Waals surface area contributed by atoms with Crippen LogP contribution in [0.4, 0.5) is 0 Å². The van der Waals surface area contributed by atoms with Gasteiger partial charge in [-0.1, -0.05) is 37.3 Å². The predicted molar refractivity (Wildman–Crippen MR) is 80.0 cm³/mol. The zero-order valence-corrected chi connectivity index (χ0v) is 11.7. The first kappa shape index (κ1) is 12.7. The van der Waals surface area contributed by atoms with E-state index in [2.05, 4.69) is 22.2 Å². The Bertz CT molecular complexity index is 800. The number of benzene rings is 1. The summed E-state index contributed by atoms with van der Waals surface area (Å²) in [6.45, 7) is 4.58. The van der Waals surface area contributed by atoms with Crippen LogP contribution in [-0.4, -0.2) is 14.8 Å². The molecule has 4 heteroatoms. The van der Waals surface area contributed by atoms with Gasteiger partial charge in [-0.2, -0.15) is 5.10 Å². The molecule has 0 saturated carbocycles. The number of nitrogens with zero attached hydrogens (tertiary/aromatic N) is 2. The topological polar surface area (TPSA) is 50.7 Å². The molecule has 4 nitrogen and oxygen atoms in total. The Hall–Kier alpha value is -2.36. The van der Waals surface area contributed by atoms with Crippen LogP contribution in [0, 0.1) is 6.92 Å². The monoisotopic (exact) mass is 267 g/mol. The molecule has 1 N–H and O–H groups in total. The lowest BCUT2D eigenvalue weighted by atomic mass is 10.2. The Morgan fingerprint density at radius 3 is 2.70 bits per heavy atom. The quantitative estimate of drug-likeness (QED) is 0.793. The van der Waals surface area contributed by atoms with Crippen molar-refractivity contribution in [1.82, 2.24) is 14.8 Å². The van der Waals surface area contributed by atoms with E-state index in [1.807, 2.05) is 36.7 Å². The van der Waals surface area contributed by atoms with E-state index in [-0.39, 0.29) is 5.43 Å². The molecule has 102 valence electrons. The van der Waals surface area contributed by atoms with E-state index in [9.17, 15) is 4.79 Å². The van der Waals surface area contributed by atoms with Gasteiger partial charge in [-0.3, -0.25) is 4.79 Å². The van der Waals surface area contributed by atoms with Crippen molar-refractivity contribution in [2.75, 3.05) is 0 Å². The van der Waals surface area contributed by atoms with Crippen molar-refractivity contribution in [2.45, 2.75) is 26.8 Å². The summed E-state index contributed by atoms with van der Waals surface area (Å²) in [6.07, 6.45) is 0.754. The van der Waals surface area contributed by atoms with Crippen molar-refractivity contribution in [1.29, 1.82) is 0 Å². The van der Waals surface area contributed by atoms with E-state index in [4.69, 9.17) is 0 Å². The van der Waals surface area contributed by atoms with Crippen LogP contribution in [0.25, 0.3) is 11.0 Å². The van der Waals surface area contributed by atoms with Crippen molar-refractivity contribution in [3.63, 3.8) is 0 Å². The maximum atomic E-state index is 12.2. The van der Waals surface area contributed by atoms with Crippen molar-refractivity contribution < 1.29 is 0 Å². The first-order valence-corrected chi connectivity index (χ1v) is 6.82.